The van der Waals surface area contributed by atoms with Crippen molar-refractivity contribution in [3.8, 4) is 5.88 Å². The van der Waals surface area contributed by atoms with Crippen molar-refractivity contribution in [2.75, 3.05) is 56.2 Å². The molecule has 172 valence electrons. The number of carbonyl (C=O) groups is 1. The summed E-state index contributed by atoms with van der Waals surface area (Å²) in [4.78, 5) is 27.6. The zero-order chi connectivity index (χ0) is 22.9. The van der Waals surface area contributed by atoms with E-state index in [-0.39, 0.29) is 18.0 Å². The van der Waals surface area contributed by atoms with Crippen LogP contribution in [0.25, 0.3) is 11.0 Å². The van der Waals surface area contributed by atoms with Gasteiger partial charge in [-0.15, -0.1) is 0 Å². The molecule has 8 nitrogen and oxygen atoms in total. The molecule has 0 unspecified atom stereocenters. The van der Waals surface area contributed by atoms with Crippen LogP contribution in [0.5, 0.6) is 5.88 Å². The van der Waals surface area contributed by atoms with E-state index in [1.807, 2.05) is 24.4 Å². The van der Waals surface area contributed by atoms with Gasteiger partial charge in [0.1, 0.15) is 17.4 Å². The van der Waals surface area contributed by atoms with Gasteiger partial charge in [0.05, 0.1) is 24.9 Å². The highest BCUT2D eigenvalue weighted by atomic mass is 19.1. The van der Waals surface area contributed by atoms with Crippen molar-refractivity contribution in [2.24, 2.45) is 0 Å². The number of hydrogen-bond acceptors (Lipinski definition) is 7. The summed E-state index contributed by atoms with van der Waals surface area (Å²) >= 11 is 0. The Hall–Kier alpha value is -3.46. The second-order valence-corrected chi connectivity index (χ2v) is 8.39. The molecule has 9 heteroatoms. The molecule has 0 radical (unpaired) electrons. The molecular weight excluding hydrogens is 425 g/mol. The van der Waals surface area contributed by atoms with Crippen LogP contribution < -0.4 is 14.5 Å². The molecule has 4 heterocycles. The number of aryl methyl sites for hydroxylation is 1. The minimum atomic E-state index is -0.382. The van der Waals surface area contributed by atoms with Crippen molar-refractivity contribution in [1.29, 1.82) is 0 Å². The number of benzene rings is 1. The average molecular weight is 452 g/mol. The lowest BCUT2D eigenvalue weighted by atomic mass is 10.2. The lowest BCUT2D eigenvalue weighted by Gasteiger charge is -2.36. The number of aromatic nitrogens is 2. The van der Waals surface area contributed by atoms with E-state index in [0.717, 1.165) is 42.9 Å². The first kappa shape index (κ1) is 21.4. The summed E-state index contributed by atoms with van der Waals surface area (Å²) in [6.45, 7) is 6.17. The molecule has 0 aliphatic carbocycles. The smallest absolute Gasteiger partial charge is 0.414 e. The Morgan fingerprint density at radius 3 is 2.73 bits per heavy atom. The summed E-state index contributed by atoms with van der Waals surface area (Å²) in [6.07, 6.45) is 1.21. The Kier molecular flexibility index (Phi) is 5.72. The van der Waals surface area contributed by atoms with E-state index < -0.39 is 0 Å². The lowest BCUT2D eigenvalue weighted by Crippen LogP contribution is -2.49. The highest BCUT2D eigenvalue weighted by Crippen LogP contribution is 2.28. The van der Waals surface area contributed by atoms with E-state index in [4.69, 9.17) is 9.47 Å². The molecule has 5 rings (SSSR count). The van der Waals surface area contributed by atoms with Gasteiger partial charge in [0.2, 0.25) is 5.88 Å². The molecule has 2 aliphatic heterocycles. The average Bonchev–Trinajstić information content (AvgIpc) is 3.20. The Balaban J connectivity index is 1.21. The number of pyridine rings is 2. The number of amides is 1. The molecule has 1 atom stereocenters. The molecule has 2 fully saturated rings. The molecule has 0 saturated carbocycles. The van der Waals surface area contributed by atoms with Crippen molar-refractivity contribution in [3.63, 3.8) is 0 Å². The number of cyclic esters (lactones) is 1. The fourth-order valence-corrected chi connectivity index (χ4v) is 4.45. The van der Waals surface area contributed by atoms with Gasteiger partial charge in [0, 0.05) is 50.7 Å². The van der Waals surface area contributed by atoms with Gasteiger partial charge in [0.25, 0.3) is 0 Å². The van der Waals surface area contributed by atoms with Gasteiger partial charge in [-0.3, -0.25) is 14.8 Å². The molecule has 3 aromatic rings. The van der Waals surface area contributed by atoms with Crippen molar-refractivity contribution in [2.45, 2.75) is 13.0 Å². The summed E-state index contributed by atoms with van der Waals surface area (Å²) in [5, 5.41) is 0. The molecular formula is C24H26FN5O3. The topological polar surface area (TPSA) is 71.0 Å². The molecule has 0 N–H and O–H groups in total. The van der Waals surface area contributed by atoms with Crippen LogP contribution in [0, 0.1) is 12.7 Å². The van der Waals surface area contributed by atoms with Crippen LogP contribution in [0.2, 0.25) is 0 Å². The van der Waals surface area contributed by atoms with Crippen molar-refractivity contribution in [1.82, 2.24) is 14.9 Å². The molecule has 0 spiro atoms. The monoisotopic (exact) mass is 451 g/mol. The predicted molar refractivity (Wildman–Crippen MR) is 123 cm³/mol. The molecule has 2 aliphatic rings. The summed E-state index contributed by atoms with van der Waals surface area (Å²) in [5.41, 5.74) is 3.89. The quantitative estimate of drug-likeness (QED) is 0.590. The van der Waals surface area contributed by atoms with Gasteiger partial charge >= 0.3 is 6.09 Å². The third kappa shape index (κ3) is 4.28. The summed E-state index contributed by atoms with van der Waals surface area (Å²) in [5.74, 6) is 0.288. The summed E-state index contributed by atoms with van der Waals surface area (Å²) < 4.78 is 24.5. The molecule has 2 saturated heterocycles. The SMILES string of the molecule is COc1ccc2nccc(N3CCN(C[C@@H]4CN(c5ccc(F)c(C)c5)C(=O)O4)CC3)c2n1. The van der Waals surface area contributed by atoms with E-state index in [2.05, 4.69) is 19.8 Å². The van der Waals surface area contributed by atoms with Gasteiger partial charge in [-0.05, 0) is 42.8 Å². The maximum Gasteiger partial charge on any atom is 0.414 e. The number of anilines is 2. The van der Waals surface area contributed by atoms with Crippen LogP contribution in [-0.4, -0.2) is 73.4 Å². The van der Waals surface area contributed by atoms with Gasteiger partial charge in [-0.1, -0.05) is 0 Å². The third-order valence-corrected chi connectivity index (χ3v) is 6.25. The number of piperazine rings is 1. The summed E-state index contributed by atoms with van der Waals surface area (Å²) in [7, 11) is 1.61. The van der Waals surface area contributed by atoms with Gasteiger partial charge in [-0.2, -0.15) is 0 Å². The van der Waals surface area contributed by atoms with E-state index in [1.165, 1.54) is 6.07 Å². The van der Waals surface area contributed by atoms with E-state index in [1.54, 1.807) is 31.1 Å². The Bertz CT molecular complexity index is 1180. The van der Waals surface area contributed by atoms with E-state index in [0.29, 0.717) is 30.2 Å². The number of halogens is 1. The molecule has 1 amide bonds. The predicted octanol–water partition coefficient (Wildman–Crippen LogP) is 3.23. The zero-order valence-corrected chi connectivity index (χ0v) is 18.7. The van der Waals surface area contributed by atoms with Crippen LogP contribution in [0.15, 0.2) is 42.6 Å². The minimum absolute atomic E-state index is 0.220. The first-order valence-electron chi connectivity index (χ1n) is 11.0. The van der Waals surface area contributed by atoms with Gasteiger partial charge < -0.3 is 14.4 Å². The lowest BCUT2D eigenvalue weighted by molar-refractivity contribution is 0.106. The Labute approximate surface area is 191 Å². The first-order valence-corrected chi connectivity index (χ1v) is 11.0. The van der Waals surface area contributed by atoms with Crippen LogP contribution in [-0.2, 0) is 4.74 Å². The highest BCUT2D eigenvalue weighted by Gasteiger charge is 2.34. The number of fused-ring (bicyclic) bond motifs is 1. The van der Waals surface area contributed by atoms with Crippen LogP contribution >= 0.6 is 0 Å². The number of methoxy groups -OCH3 is 1. The fourth-order valence-electron chi connectivity index (χ4n) is 4.45. The second-order valence-electron chi connectivity index (χ2n) is 8.39. The zero-order valence-electron chi connectivity index (χ0n) is 18.7. The van der Waals surface area contributed by atoms with Crippen LogP contribution in [0.4, 0.5) is 20.6 Å². The van der Waals surface area contributed by atoms with E-state index >= 15 is 0 Å². The van der Waals surface area contributed by atoms with Crippen LogP contribution in [0.3, 0.4) is 0 Å². The number of carbonyl (C=O) groups excluding carboxylic acids is 1. The van der Waals surface area contributed by atoms with E-state index in [9.17, 15) is 9.18 Å². The molecule has 2 aromatic heterocycles. The third-order valence-electron chi connectivity index (χ3n) is 6.25. The largest absolute Gasteiger partial charge is 0.481 e. The number of rotatable bonds is 5. The van der Waals surface area contributed by atoms with Crippen molar-refractivity contribution >= 4 is 28.5 Å². The Morgan fingerprint density at radius 1 is 1.15 bits per heavy atom. The van der Waals surface area contributed by atoms with Gasteiger partial charge in [-0.25, -0.2) is 14.2 Å². The maximum atomic E-state index is 13.6. The second kappa shape index (κ2) is 8.82. The van der Waals surface area contributed by atoms with Crippen LogP contribution in [0.1, 0.15) is 5.56 Å². The Morgan fingerprint density at radius 2 is 1.97 bits per heavy atom. The number of ether oxygens (including phenoxy) is 2. The molecule has 0 bridgehead atoms. The number of nitrogens with zero attached hydrogens (tertiary/aromatic N) is 5. The molecule has 33 heavy (non-hydrogen) atoms. The first-order chi connectivity index (χ1) is 16.0. The number of hydrogen-bond donors (Lipinski definition) is 0. The van der Waals surface area contributed by atoms with Crippen molar-refractivity contribution < 1.29 is 18.7 Å². The normalized spacial score (nSPS) is 19.2. The highest BCUT2D eigenvalue weighted by molar-refractivity contribution is 5.90. The standard InChI is InChI=1S/C24H26FN5O3/c1-16-13-17(3-4-19(16)25)30-15-18(33-24(30)31)14-28-9-11-29(12-10-28)21-7-8-26-20-5-6-22(32-2)27-23(20)21/h3-8,13,18H,9-12,14-15H2,1-2H3/t18-/m1/s1. The maximum absolute atomic E-state index is 13.6. The molecule has 1 aromatic carbocycles. The van der Waals surface area contributed by atoms with Gasteiger partial charge in [0.15, 0.2) is 0 Å². The van der Waals surface area contributed by atoms with Crippen molar-refractivity contribution in [3.05, 3.63) is 54.0 Å². The summed E-state index contributed by atoms with van der Waals surface area (Å²) in [6, 6.07) is 10.4. The minimum Gasteiger partial charge on any atom is -0.481 e. The fraction of sp³-hybridized carbons (Fsp3) is 0.375.